The highest BCUT2D eigenvalue weighted by atomic mass is 79.9. The lowest BCUT2D eigenvalue weighted by molar-refractivity contribution is -0.386. The summed E-state index contributed by atoms with van der Waals surface area (Å²) in [6.07, 6.45) is 1.31. The van der Waals surface area contributed by atoms with Crippen LogP contribution in [0.25, 0.3) is 6.08 Å². The first kappa shape index (κ1) is 26.1. The summed E-state index contributed by atoms with van der Waals surface area (Å²) in [5, 5.41) is 14.1. The van der Waals surface area contributed by atoms with Crippen LogP contribution in [0, 0.1) is 10.1 Å². The maximum absolute atomic E-state index is 13.0. The fourth-order valence-corrected chi connectivity index (χ4v) is 4.61. The topological polar surface area (TPSA) is 141 Å². The number of nitrogens with zero attached hydrogens (tertiary/aromatic N) is 2. The van der Waals surface area contributed by atoms with Crippen LogP contribution in [-0.2, 0) is 22.7 Å². The largest absolute Gasteiger partial charge is 0.481 e. The summed E-state index contributed by atoms with van der Waals surface area (Å²) in [6, 6.07) is 11.8. The fraction of sp³-hybridized carbons (Fsp3) is 0.125. The Kier molecular flexibility index (Phi) is 7.74. The van der Waals surface area contributed by atoms with Crippen molar-refractivity contribution < 1.29 is 33.2 Å². The van der Waals surface area contributed by atoms with E-state index in [0.29, 0.717) is 0 Å². The zero-order valence-electron chi connectivity index (χ0n) is 19.0. The summed E-state index contributed by atoms with van der Waals surface area (Å²) < 4.78 is 17.3. The van der Waals surface area contributed by atoms with Gasteiger partial charge in [-0.1, -0.05) is 50.1 Å². The molecule has 0 unspecified atom stereocenters. The predicted octanol–water partition coefficient (Wildman–Crippen LogP) is 5.17. The molecule has 0 saturated carbocycles. The van der Waals surface area contributed by atoms with E-state index in [1.165, 1.54) is 43.5 Å². The average molecular weight is 635 g/mol. The molecule has 1 saturated heterocycles. The van der Waals surface area contributed by atoms with Gasteiger partial charge < -0.3 is 19.2 Å². The van der Waals surface area contributed by atoms with Crippen LogP contribution in [0.15, 0.2) is 67.6 Å². The highest BCUT2D eigenvalue weighted by Crippen LogP contribution is 2.34. The Bertz CT molecular complexity index is 1450. The molecule has 13 heteroatoms. The van der Waals surface area contributed by atoms with Crippen molar-refractivity contribution >= 4 is 61.5 Å². The minimum absolute atomic E-state index is 0.00232. The molecule has 2 heterocycles. The first-order valence-electron chi connectivity index (χ1n) is 10.5. The molecule has 1 aliphatic rings. The smallest absolute Gasteiger partial charge is 0.373 e. The second-order valence-corrected chi connectivity index (χ2v) is 9.38. The van der Waals surface area contributed by atoms with Gasteiger partial charge >= 0.3 is 17.7 Å². The Labute approximate surface area is 226 Å². The molecule has 1 aromatic heterocycles. The van der Waals surface area contributed by atoms with Gasteiger partial charge in [-0.05, 0) is 30.3 Å². The van der Waals surface area contributed by atoms with Gasteiger partial charge in [0.25, 0.3) is 5.91 Å². The van der Waals surface area contributed by atoms with Crippen molar-refractivity contribution in [2.24, 2.45) is 0 Å². The molecule has 1 aliphatic heterocycles. The highest BCUT2D eigenvalue weighted by Gasteiger charge is 2.35. The molecule has 0 atom stereocenters. The van der Waals surface area contributed by atoms with E-state index in [-0.39, 0.29) is 47.4 Å². The molecule has 1 fully saturated rings. The van der Waals surface area contributed by atoms with Gasteiger partial charge in [0, 0.05) is 26.1 Å². The summed E-state index contributed by atoms with van der Waals surface area (Å²) in [5.41, 5.74) is 0.544. The van der Waals surface area contributed by atoms with E-state index in [4.69, 9.17) is 9.15 Å². The number of carbonyl (C=O) groups excluding carboxylic acids is 3. The van der Waals surface area contributed by atoms with E-state index in [9.17, 15) is 24.5 Å². The highest BCUT2D eigenvalue weighted by molar-refractivity contribution is 9.11. The van der Waals surface area contributed by atoms with Gasteiger partial charge in [-0.2, -0.15) is 0 Å². The van der Waals surface area contributed by atoms with Gasteiger partial charge in [0.2, 0.25) is 11.5 Å². The van der Waals surface area contributed by atoms with Gasteiger partial charge in [-0.15, -0.1) is 0 Å². The maximum Gasteiger partial charge on any atom is 0.373 e. The Morgan fingerprint density at radius 1 is 1.19 bits per heavy atom. The summed E-state index contributed by atoms with van der Waals surface area (Å²) in [5.74, 6) is -1.34. The van der Waals surface area contributed by atoms with E-state index < -0.39 is 22.8 Å². The van der Waals surface area contributed by atoms with Crippen molar-refractivity contribution in [3.63, 3.8) is 0 Å². The van der Waals surface area contributed by atoms with E-state index in [2.05, 4.69) is 41.9 Å². The molecule has 190 valence electrons. The second kappa shape index (κ2) is 11.0. The molecule has 3 aromatic rings. The van der Waals surface area contributed by atoms with E-state index in [1.54, 1.807) is 12.1 Å². The standard InChI is InChI=1S/C24H17Br2N3O8/c1-35-23(31)20-8-7-16(37-20)11-28-22(30)18(27-24(28)32)9-13-3-2-4-19(29(33)34)21(13)36-12-14-5-6-15(25)10-17(14)26/h2-10H,11-12H2,1H3,(H,27,32)/b18-9-. The number of para-hydroxylation sites is 1. The molecule has 0 spiro atoms. The number of benzene rings is 2. The van der Waals surface area contributed by atoms with Gasteiger partial charge in [-0.25, -0.2) is 9.59 Å². The number of carbonyl (C=O) groups is 3. The first-order valence-corrected chi connectivity index (χ1v) is 12.1. The van der Waals surface area contributed by atoms with Crippen LogP contribution in [0.4, 0.5) is 10.5 Å². The van der Waals surface area contributed by atoms with E-state index >= 15 is 0 Å². The van der Waals surface area contributed by atoms with Crippen LogP contribution in [0.3, 0.4) is 0 Å². The lowest BCUT2D eigenvalue weighted by Gasteiger charge is -2.12. The number of hydrogen-bond acceptors (Lipinski definition) is 8. The van der Waals surface area contributed by atoms with Gasteiger partial charge in [0.1, 0.15) is 18.1 Å². The Hall–Kier alpha value is -3.97. The van der Waals surface area contributed by atoms with Crippen LogP contribution < -0.4 is 10.1 Å². The van der Waals surface area contributed by atoms with E-state index in [1.807, 2.05) is 6.07 Å². The van der Waals surface area contributed by atoms with Crippen molar-refractivity contribution in [3.05, 3.63) is 95.9 Å². The zero-order valence-corrected chi connectivity index (χ0v) is 22.2. The van der Waals surface area contributed by atoms with Crippen LogP contribution in [0.2, 0.25) is 0 Å². The summed E-state index contributed by atoms with van der Waals surface area (Å²) in [7, 11) is 1.20. The number of halogens is 2. The van der Waals surface area contributed by atoms with Crippen LogP contribution in [-0.4, -0.2) is 34.8 Å². The number of urea groups is 1. The quantitative estimate of drug-likeness (QED) is 0.118. The molecule has 37 heavy (non-hydrogen) atoms. The Morgan fingerprint density at radius 2 is 1.97 bits per heavy atom. The average Bonchev–Trinajstić information content (AvgIpc) is 3.44. The van der Waals surface area contributed by atoms with E-state index in [0.717, 1.165) is 19.4 Å². The number of ether oxygens (including phenoxy) is 2. The number of nitro benzene ring substituents is 1. The molecular weight excluding hydrogens is 618 g/mol. The fourth-order valence-electron chi connectivity index (χ4n) is 3.45. The molecule has 4 rings (SSSR count). The second-order valence-electron chi connectivity index (χ2n) is 7.61. The van der Waals surface area contributed by atoms with Gasteiger partial charge in [0.15, 0.2) is 0 Å². The van der Waals surface area contributed by atoms with Gasteiger partial charge in [-0.3, -0.25) is 19.8 Å². The number of esters is 1. The van der Waals surface area contributed by atoms with Crippen LogP contribution in [0.1, 0.15) is 27.4 Å². The summed E-state index contributed by atoms with van der Waals surface area (Å²) in [6.45, 7) is -0.239. The minimum atomic E-state index is -0.723. The molecule has 2 aromatic carbocycles. The zero-order chi connectivity index (χ0) is 26.7. The molecule has 11 nitrogen and oxygen atoms in total. The van der Waals surface area contributed by atoms with Gasteiger partial charge in [0.05, 0.1) is 18.6 Å². The lowest BCUT2D eigenvalue weighted by Crippen LogP contribution is -2.30. The first-order chi connectivity index (χ1) is 17.7. The lowest BCUT2D eigenvalue weighted by atomic mass is 10.1. The molecule has 0 bridgehead atoms. The molecular formula is C24H17Br2N3O8. The molecule has 0 aliphatic carbocycles. The number of rotatable bonds is 8. The third-order valence-electron chi connectivity index (χ3n) is 5.23. The number of imide groups is 1. The minimum Gasteiger partial charge on any atom is -0.481 e. The van der Waals surface area contributed by atoms with Crippen molar-refractivity contribution in [2.75, 3.05) is 7.11 Å². The van der Waals surface area contributed by atoms with Crippen molar-refractivity contribution in [1.29, 1.82) is 0 Å². The third-order valence-corrected chi connectivity index (χ3v) is 6.46. The number of furan rings is 1. The SMILES string of the molecule is COC(=O)c1ccc(CN2C(=O)N/C(=C\c3cccc([N+](=O)[O-])c3OCc3ccc(Br)cc3Br)C2=O)o1. The normalized spacial score (nSPS) is 14.1. The van der Waals surface area contributed by atoms with Crippen LogP contribution >= 0.6 is 31.9 Å². The number of amides is 3. The van der Waals surface area contributed by atoms with Crippen molar-refractivity contribution in [1.82, 2.24) is 10.2 Å². The summed E-state index contributed by atoms with van der Waals surface area (Å²) in [4.78, 5) is 49.0. The summed E-state index contributed by atoms with van der Waals surface area (Å²) >= 11 is 6.80. The number of hydrogen-bond donors (Lipinski definition) is 1. The number of nitrogens with one attached hydrogen (secondary N) is 1. The Morgan fingerprint density at radius 3 is 2.68 bits per heavy atom. The number of nitro groups is 1. The van der Waals surface area contributed by atoms with Crippen molar-refractivity contribution in [3.8, 4) is 5.75 Å². The monoisotopic (exact) mass is 633 g/mol. The maximum atomic E-state index is 13.0. The third kappa shape index (κ3) is 5.73. The number of methoxy groups -OCH3 is 1. The predicted molar refractivity (Wildman–Crippen MR) is 136 cm³/mol. The Balaban J connectivity index is 1.60. The molecule has 3 amide bonds. The molecule has 1 N–H and O–H groups in total. The van der Waals surface area contributed by atoms with Crippen LogP contribution in [0.5, 0.6) is 5.75 Å². The molecule has 0 radical (unpaired) electrons. The van der Waals surface area contributed by atoms with Crippen molar-refractivity contribution in [2.45, 2.75) is 13.2 Å².